The van der Waals surface area contributed by atoms with Crippen molar-refractivity contribution in [2.24, 2.45) is 0 Å². The van der Waals surface area contributed by atoms with Gasteiger partial charge < -0.3 is 9.53 Å². The van der Waals surface area contributed by atoms with Crippen LogP contribution in [0.4, 0.5) is 0 Å². The highest BCUT2D eigenvalue weighted by atomic mass is 28.4. The molecule has 136 valence electrons. The standard InChI is InChI=1S/C21H36O2Si/c1-17(2)24(18(3)4,19(5)6)23-15-13-21(12-14-22)16-20-10-8-7-9-11-20/h7-12,17-19,22H,13-16H2,1-6H3/b21-12+. The summed E-state index contributed by atoms with van der Waals surface area (Å²) in [5, 5.41) is 9.33. The first-order valence-corrected chi connectivity index (χ1v) is 11.4. The fraction of sp³-hybridized carbons (Fsp3) is 0.619. The molecule has 0 unspecified atom stereocenters. The molecule has 0 bridgehead atoms. The first-order chi connectivity index (χ1) is 11.3. The van der Waals surface area contributed by atoms with E-state index in [2.05, 4.69) is 65.8 Å². The molecule has 0 fully saturated rings. The van der Waals surface area contributed by atoms with Crippen molar-refractivity contribution in [3.05, 3.63) is 47.5 Å². The van der Waals surface area contributed by atoms with Crippen LogP contribution in [0.15, 0.2) is 42.0 Å². The Morgan fingerprint density at radius 2 is 1.54 bits per heavy atom. The number of aliphatic hydroxyl groups excluding tert-OH is 1. The van der Waals surface area contributed by atoms with Crippen molar-refractivity contribution in [2.45, 2.75) is 71.0 Å². The second-order valence-electron chi connectivity index (χ2n) is 7.62. The van der Waals surface area contributed by atoms with Gasteiger partial charge >= 0.3 is 0 Å². The van der Waals surface area contributed by atoms with Gasteiger partial charge in [-0.25, -0.2) is 0 Å². The van der Waals surface area contributed by atoms with E-state index in [1.165, 1.54) is 11.1 Å². The van der Waals surface area contributed by atoms with Gasteiger partial charge in [0.15, 0.2) is 8.32 Å². The molecule has 0 saturated heterocycles. The highest BCUT2D eigenvalue weighted by molar-refractivity contribution is 6.77. The zero-order valence-electron chi connectivity index (χ0n) is 16.4. The summed E-state index contributed by atoms with van der Waals surface area (Å²) in [6.07, 6.45) is 3.74. The second kappa shape index (κ2) is 10.2. The van der Waals surface area contributed by atoms with Crippen molar-refractivity contribution in [3.63, 3.8) is 0 Å². The summed E-state index contributed by atoms with van der Waals surface area (Å²) >= 11 is 0. The molecule has 2 nitrogen and oxygen atoms in total. The normalized spacial score (nSPS) is 13.3. The van der Waals surface area contributed by atoms with Gasteiger partial charge in [-0.05, 0) is 35.0 Å². The Morgan fingerprint density at radius 3 is 2.00 bits per heavy atom. The van der Waals surface area contributed by atoms with Crippen LogP contribution >= 0.6 is 0 Å². The van der Waals surface area contributed by atoms with Crippen LogP contribution in [0.25, 0.3) is 0 Å². The lowest BCUT2D eigenvalue weighted by molar-refractivity contribution is 0.279. The van der Waals surface area contributed by atoms with E-state index in [-0.39, 0.29) is 6.61 Å². The highest BCUT2D eigenvalue weighted by Crippen LogP contribution is 2.42. The molecule has 0 aliphatic rings. The van der Waals surface area contributed by atoms with Crippen molar-refractivity contribution in [1.29, 1.82) is 0 Å². The summed E-state index contributed by atoms with van der Waals surface area (Å²) in [5.74, 6) is 0. The smallest absolute Gasteiger partial charge is 0.200 e. The Labute approximate surface area is 150 Å². The molecule has 1 aromatic carbocycles. The van der Waals surface area contributed by atoms with Gasteiger partial charge in [0.1, 0.15) is 0 Å². The van der Waals surface area contributed by atoms with E-state index >= 15 is 0 Å². The van der Waals surface area contributed by atoms with Gasteiger partial charge in [0, 0.05) is 6.61 Å². The molecule has 1 rings (SSSR count). The van der Waals surface area contributed by atoms with E-state index < -0.39 is 8.32 Å². The van der Waals surface area contributed by atoms with E-state index in [1.54, 1.807) is 0 Å². The molecule has 1 N–H and O–H groups in total. The molecule has 0 saturated carbocycles. The van der Waals surface area contributed by atoms with Crippen LogP contribution in [0.1, 0.15) is 53.5 Å². The Bertz CT molecular complexity index is 470. The highest BCUT2D eigenvalue weighted by Gasteiger charge is 2.44. The molecule has 3 heteroatoms. The third kappa shape index (κ3) is 5.57. The predicted octanol–water partition coefficient (Wildman–Crippen LogP) is 5.73. The third-order valence-electron chi connectivity index (χ3n) is 5.14. The summed E-state index contributed by atoms with van der Waals surface area (Å²) in [6, 6.07) is 10.5. The maximum absolute atomic E-state index is 9.33. The van der Waals surface area contributed by atoms with E-state index in [9.17, 15) is 5.11 Å². The second-order valence-corrected chi connectivity index (χ2v) is 13.1. The topological polar surface area (TPSA) is 29.5 Å². The SMILES string of the molecule is CC(C)[Si](OCC/C(=C\CO)Cc1ccccc1)(C(C)C)C(C)C. The van der Waals surface area contributed by atoms with E-state index in [0.717, 1.165) is 19.4 Å². The molecule has 0 aliphatic heterocycles. The molecule has 0 heterocycles. The average Bonchev–Trinajstić information content (AvgIpc) is 2.51. The molecular weight excluding hydrogens is 312 g/mol. The van der Waals surface area contributed by atoms with Crippen molar-refractivity contribution in [2.75, 3.05) is 13.2 Å². The lowest BCUT2D eigenvalue weighted by Crippen LogP contribution is -2.48. The molecule has 0 aromatic heterocycles. The maximum Gasteiger partial charge on any atom is 0.200 e. The molecule has 0 radical (unpaired) electrons. The minimum atomic E-state index is -1.80. The maximum atomic E-state index is 9.33. The van der Waals surface area contributed by atoms with Crippen LogP contribution in [-0.4, -0.2) is 26.6 Å². The fourth-order valence-corrected chi connectivity index (χ4v) is 9.56. The van der Waals surface area contributed by atoms with Gasteiger partial charge in [0.2, 0.25) is 0 Å². The quantitative estimate of drug-likeness (QED) is 0.432. The number of rotatable bonds is 10. The van der Waals surface area contributed by atoms with Crippen LogP contribution in [0.5, 0.6) is 0 Å². The van der Waals surface area contributed by atoms with Crippen LogP contribution < -0.4 is 0 Å². The van der Waals surface area contributed by atoms with Gasteiger partial charge in [0.25, 0.3) is 0 Å². The van der Waals surface area contributed by atoms with E-state index in [4.69, 9.17) is 4.43 Å². The zero-order valence-corrected chi connectivity index (χ0v) is 17.4. The average molecular weight is 349 g/mol. The van der Waals surface area contributed by atoms with Gasteiger partial charge in [-0.15, -0.1) is 0 Å². The lowest BCUT2D eigenvalue weighted by Gasteiger charge is -2.42. The summed E-state index contributed by atoms with van der Waals surface area (Å²) in [7, 11) is -1.80. The van der Waals surface area contributed by atoms with E-state index in [0.29, 0.717) is 16.6 Å². The molecule has 1 aromatic rings. The summed E-state index contributed by atoms with van der Waals surface area (Å²) in [5.41, 5.74) is 4.38. The number of hydrogen-bond donors (Lipinski definition) is 1. The molecular formula is C21H36O2Si. The number of hydrogen-bond acceptors (Lipinski definition) is 2. The largest absolute Gasteiger partial charge is 0.416 e. The summed E-state index contributed by atoms with van der Waals surface area (Å²) in [4.78, 5) is 0. The first-order valence-electron chi connectivity index (χ1n) is 9.31. The zero-order chi connectivity index (χ0) is 18.2. The minimum absolute atomic E-state index is 0.100. The summed E-state index contributed by atoms with van der Waals surface area (Å²) < 4.78 is 6.64. The van der Waals surface area contributed by atoms with Crippen LogP contribution in [0.2, 0.25) is 16.6 Å². The molecule has 24 heavy (non-hydrogen) atoms. The monoisotopic (exact) mass is 348 g/mol. The van der Waals surface area contributed by atoms with Crippen LogP contribution in [0, 0.1) is 0 Å². The van der Waals surface area contributed by atoms with Gasteiger partial charge in [0.05, 0.1) is 6.61 Å². The van der Waals surface area contributed by atoms with Crippen molar-refractivity contribution in [1.82, 2.24) is 0 Å². The molecule has 0 spiro atoms. The van der Waals surface area contributed by atoms with Crippen LogP contribution in [0.3, 0.4) is 0 Å². The van der Waals surface area contributed by atoms with E-state index in [1.807, 2.05) is 12.1 Å². The van der Waals surface area contributed by atoms with Crippen molar-refractivity contribution >= 4 is 8.32 Å². The minimum Gasteiger partial charge on any atom is -0.416 e. The summed E-state index contributed by atoms with van der Waals surface area (Å²) in [6.45, 7) is 14.8. The van der Waals surface area contributed by atoms with Crippen LogP contribution in [-0.2, 0) is 10.8 Å². The number of aliphatic hydroxyl groups is 1. The Morgan fingerprint density at radius 1 is 1.00 bits per heavy atom. The van der Waals surface area contributed by atoms with Gasteiger partial charge in [-0.2, -0.15) is 0 Å². The van der Waals surface area contributed by atoms with Crippen molar-refractivity contribution < 1.29 is 9.53 Å². The van der Waals surface area contributed by atoms with Crippen molar-refractivity contribution in [3.8, 4) is 0 Å². The third-order valence-corrected chi connectivity index (χ3v) is 11.3. The molecule has 0 aliphatic carbocycles. The Hall–Kier alpha value is -0.903. The van der Waals surface area contributed by atoms with Gasteiger partial charge in [-0.1, -0.05) is 83.5 Å². The lowest BCUT2D eigenvalue weighted by atomic mass is 10.0. The Balaban J connectivity index is 2.74. The Kier molecular flexibility index (Phi) is 8.96. The van der Waals surface area contributed by atoms with Gasteiger partial charge in [-0.3, -0.25) is 0 Å². The number of benzene rings is 1. The molecule has 0 amide bonds. The fourth-order valence-electron chi connectivity index (χ4n) is 4.11. The molecule has 0 atom stereocenters. The predicted molar refractivity (Wildman–Crippen MR) is 107 cm³/mol. The first kappa shape index (κ1) is 21.1.